The molecule has 0 rings (SSSR count). The van der Waals surface area contributed by atoms with Crippen LogP contribution < -0.4 is 0 Å². The van der Waals surface area contributed by atoms with Crippen LogP contribution in [0.15, 0.2) is 12.7 Å². The average Bonchev–Trinajstić information content (AvgIpc) is 2.62. The van der Waals surface area contributed by atoms with Crippen molar-refractivity contribution in [2.45, 2.75) is 85.0 Å². The van der Waals surface area contributed by atoms with Gasteiger partial charge in [-0.15, -0.1) is 0 Å². The predicted molar refractivity (Wildman–Crippen MR) is 104 cm³/mol. The van der Waals surface area contributed by atoms with Crippen LogP contribution in [0.25, 0.3) is 0 Å². The number of carbonyl (C=O) groups excluding carboxylic acids is 1. The molecule has 0 aromatic carbocycles. The zero-order valence-corrected chi connectivity index (χ0v) is 16.7. The highest BCUT2D eigenvalue weighted by Gasteiger charge is 2.19. The van der Waals surface area contributed by atoms with Crippen LogP contribution in [0.3, 0.4) is 0 Å². The quantitative estimate of drug-likeness (QED) is 0.151. The van der Waals surface area contributed by atoms with E-state index in [0.29, 0.717) is 6.61 Å². The summed E-state index contributed by atoms with van der Waals surface area (Å²) < 4.78 is 6.26. The summed E-state index contributed by atoms with van der Waals surface area (Å²) in [6.45, 7) is 16.1. The van der Waals surface area contributed by atoms with E-state index in [1.807, 2.05) is 0 Å². The van der Waals surface area contributed by atoms with Crippen LogP contribution >= 0.6 is 0 Å². The number of quaternary nitrogens is 1. The van der Waals surface area contributed by atoms with Crippen LogP contribution in [0.1, 0.15) is 85.0 Å². The molecule has 0 bridgehead atoms. The fourth-order valence-electron chi connectivity index (χ4n) is 3.34. The molecule has 0 saturated heterocycles. The Morgan fingerprint density at radius 1 is 0.792 bits per heavy atom. The Balaban J connectivity index is 3.31. The highest BCUT2D eigenvalue weighted by Crippen LogP contribution is 2.13. The number of hydrogen-bond donors (Lipinski definition) is 0. The fourth-order valence-corrected chi connectivity index (χ4v) is 3.34. The molecule has 0 aromatic heterocycles. The summed E-state index contributed by atoms with van der Waals surface area (Å²) in [5, 5.41) is 0. The highest BCUT2D eigenvalue weighted by atomic mass is 16.5. The topological polar surface area (TPSA) is 26.3 Å². The van der Waals surface area contributed by atoms with Gasteiger partial charge in [-0.3, -0.25) is 0 Å². The molecule has 3 nitrogen and oxygen atoms in total. The van der Waals surface area contributed by atoms with Gasteiger partial charge >= 0.3 is 5.97 Å². The number of ether oxygens (including phenoxy) is 1. The third kappa shape index (κ3) is 11.7. The van der Waals surface area contributed by atoms with Crippen molar-refractivity contribution in [3.8, 4) is 0 Å². The van der Waals surface area contributed by atoms with Gasteiger partial charge in [0.2, 0.25) is 0 Å². The molecule has 0 N–H and O–H groups in total. The number of hydrogen-bond acceptors (Lipinski definition) is 2. The van der Waals surface area contributed by atoms with Gasteiger partial charge in [-0.1, -0.05) is 51.5 Å². The van der Waals surface area contributed by atoms with Gasteiger partial charge in [0.1, 0.15) is 0 Å². The van der Waals surface area contributed by atoms with E-state index in [4.69, 9.17) is 4.74 Å². The van der Waals surface area contributed by atoms with Crippen molar-refractivity contribution in [1.29, 1.82) is 0 Å². The Bertz CT molecular complexity index is 303. The van der Waals surface area contributed by atoms with Crippen LogP contribution in [-0.4, -0.2) is 43.2 Å². The molecular formula is C21H42NO2+. The van der Waals surface area contributed by atoms with Crippen LogP contribution in [0.2, 0.25) is 0 Å². The minimum absolute atomic E-state index is 0.303. The Morgan fingerprint density at radius 2 is 1.21 bits per heavy atom. The number of rotatable bonds is 17. The van der Waals surface area contributed by atoms with Crippen molar-refractivity contribution in [3.05, 3.63) is 12.7 Å². The average molecular weight is 341 g/mol. The van der Waals surface area contributed by atoms with Crippen molar-refractivity contribution >= 4 is 5.97 Å². The van der Waals surface area contributed by atoms with E-state index in [2.05, 4.69) is 27.4 Å². The van der Waals surface area contributed by atoms with E-state index in [1.54, 1.807) is 0 Å². The summed E-state index contributed by atoms with van der Waals surface area (Å²) in [7, 11) is 0. The first-order chi connectivity index (χ1) is 11.6. The lowest BCUT2D eigenvalue weighted by Gasteiger charge is -2.35. The number of unbranched alkanes of at least 4 members (excludes halogenated alkanes) is 9. The van der Waals surface area contributed by atoms with Gasteiger partial charge in [0.15, 0.2) is 0 Å². The Kier molecular flexibility index (Phi) is 15.1. The largest absolute Gasteiger partial charge is 0.463 e. The summed E-state index contributed by atoms with van der Waals surface area (Å²) in [4.78, 5) is 10.9. The molecular weight excluding hydrogens is 298 g/mol. The number of esters is 1. The summed E-state index contributed by atoms with van der Waals surface area (Å²) in [6, 6.07) is 0. The molecule has 142 valence electrons. The van der Waals surface area contributed by atoms with Crippen molar-refractivity contribution < 1.29 is 14.0 Å². The van der Waals surface area contributed by atoms with Gasteiger partial charge in [0.05, 0.1) is 32.8 Å². The molecule has 0 aliphatic heterocycles. The minimum atomic E-state index is -0.303. The standard InChI is InChI=1S/C21H42NO2/c1-5-21(23)24-20-18-16-14-12-10-9-11-13-15-17-19-22(6-2,7-3)8-4/h5H,1,6-20H2,2-4H3/q+1. The van der Waals surface area contributed by atoms with Gasteiger partial charge in [0.25, 0.3) is 0 Å². The molecule has 3 heteroatoms. The molecule has 0 radical (unpaired) electrons. The second-order valence-corrected chi connectivity index (χ2v) is 6.92. The fraction of sp³-hybridized carbons (Fsp3) is 0.857. The molecule has 0 aromatic rings. The van der Waals surface area contributed by atoms with Crippen molar-refractivity contribution in [2.75, 3.05) is 32.8 Å². The molecule has 0 saturated carbocycles. The van der Waals surface area contributed by atoms with E-state index < -0.39 is 0 Å². The van der Waals surface area contributed by atoms with E-state index in [9.17, 15) is 4.79 Å². The summed E-state index contributed by atoms with van der Waals surface area (Å²) in [5.41, 5.74) is 0. The molecule has 24 heavy (non-hydrogen) atoms. The zero-order chi connectivity index (χ0) is 18.1. The lowest BCUT2D eigenvalue weighted by atomic mass is 10.1. The molecule has 0 fully saturated rings. The summed E-state index contributed by atoms with van der Waals surface area (Å²) in [6.07, 6.45) is 14.2. The van der Waals surface area contributed by atoms with Crippen molar-refractivity contribution in [3.63, 3.8) is 0 Å². The van der Waals surface area contributed by atoms with Crippen LogP contribution in [0.4, 0.5) is 0 Å². The minimum Gasteiger partial charge on any atom is -0.463 e. The van der Waals surface area contributed by atoms with Gasteiger partial charge in [-0.05, 0) is 40.0 Å². The van der Waals surface area contributed by atoms with E-state index >= 15 is 0 Å². The third-order valence-electron chi connectivity index (χ3n) is 5.45. The van der Waals surface area contributed by atoms with Gasteiger partial charge in [-0.25, -0.2) is 4.79 Å². The first-order valence-corrected chi connectivity index (χ1v) is 10.3. The summed E-state index contributed by atoms with van der Waals surface area (Å²) >= 11 is 0. The van der Waals surface area contributed by atoms with Crippen molar-refractivity contribution in [1.82, 2.24) is 0 Å². The molecule has 0 aliphatic rings. The number of carbonyl (C=O) groups is 1. The van der Waals surface area contributed by atoms with Crippen LogP contribution in [0, 0.1) is 0 Å². The van der Waals surface area contributed by atoms with Crippen LogP contribution in [0.5, 0.6) is 0 Å². The first kappa shape index (κ1) is 23.2. The lowest BCUT2D eigenvalue weighted by molar-refractivity contribution is -0.923. The molecule has 0 amide bonds. The highest BCUT2D eigenvalue weighted by molar-refractivity contribution is 5.81. The number of nitrogens with zero attached hydrogens (tertiary/aromatic N) is 1. The zero-order valence-electron chi connectivity index (χ0n) is 16.7. The smallest absolute Gasteiger partial charge is 0.330 e. The van der Waals surface area contributed by atoms with Crippen LogP contribution in [-0.2, 0) is 9.53 Å². The molecule has 0 atom stereocenters. The Morgan fingerprint density at radius 3 is 1.62 bits per heavy atom. The Labute approximate surface area is 151 Å². The molecule has 0 unspecified atom stereocenters. The molecule has 0 spiro atoms. The summed E-state index contributed by atoms with van der Waals surface area (Å²) in [5.74, 6) is -0.303. The van der Waals surface area contributed by atoms with Crippen molar-refractivity contribution in [2.24, 2.45) is 0 Å². The second-order valence-electron chi connectivity index (χ2n) is 6.92. The lowest BCUT2D eigenvalue weighted by Crippen LogP contribution is -2.48. The van der Waals surface area contributed by atoms with E-state index in [0.717, 1.165) is 12.8 Å². The van der Waals surface area contributed by atoms with E-state index in [1.165, 1.54) is 88.1 Å². The maximum atomic E-state index is 10.9. The normalized spacial score (nSPS) is 11.5. The van der Waals surface area contributed by atoms with Gasteiger partial charge < -0.3 is 9.22 Å². The first-order valence-electron chi connectivity index (χ1n) is 10.3. The van der Waals surface area contributed by atoms with Gasteiger partial charge in [-0.2, -0.15) is 0 Å². The van der Waals surface area contributed by atoms with E-state index in [-0.39, 0.29) is 5.97 Å². The maximum Gasteiger partial charge on any atom is 0.330 e. The molecule has 0 heterocycles. The maximum absolute atomic E-state index is 10.9. The SMILES string of the molecule is C=CC(=O)OCCCCCCCCCCCC[N+](CC)(CC)CC. The Hall–Kier alpha value is -0.830. The molecule has 0 aliphatic carbocycles. The monoisotopic (exact) mass is 340 g/mol. The predicted octanol–water partition coefficient (Wildman–Crippen LogP) is 5.49. The third-order valence-corrected chi connectivity index (χ3v) is 5.45. The second kappa shape index (κ2) is 15.7. The van der Waals surface area contributed by atoms with Gasteiger partial charge in [0, 0.05) is 6.08 Å².